The van der Waals surface area contributed by atoms with Crippen LogP contribution in [0.3, 0.4) is 0 Å². The van der Waals surface area contributed by atoms with E-state index < -0.39 is 9.84 Å². The molecule has 0 fully saturated rings. The Morgan fingerprint density at radius 3 is 1.08 bits per heavy atom. The molecule has 5 heteroatoms. The summed E-state index contributed by atoms with van der Waals surface area (Å²) in [5.74, 6) is 0. The van der Waals surface area contributed by atoms with Crippen molar-refractivity contribution >= 4 is 9.84 Å². The van der Waals surface area contributed by atoms with Gasteiger partial charge in [0.2, 0.25) is 9.84 Å². The van der Waals surface area contributed by atoms with Crippen molar-refractivity contribution < 1.29 is 17.9 Å². The van der Waals surface area contributed by atoms with Gasteiger partial charge in [0.15, 0.2) is 0 Å². The maximum absolute atomic E-state index is 12.0. The summed E-state index contributed by atoms with van der Waals surface area (Å²) < 4.78 is 33.0. The topological polar surface area (TPSA) is 52.6 Å². The third-order valence-corrected chi connectivity index (χ3v) is 4.13. The molecule has 0 aliphatic carbocycles. The molecule has 0 aliphatic rings. The number of benzene rings is 2. The summed E-state index contributed by atoms with van der Waals surface area (Å²) in [5, 5.41) is 0. The van der Waals surface area contributed by atoms with Gasteiger partial charge in [0.25, 0.3) is 0 Å². The molecular weight excluding hydrogens is 348 g/mol. The van der Waals surface area contributed by atoms with Gasteiger partial charge in [-0.1, -0.05) is 77.9 Å². The van der Waals surface area contributed by atoms with Crippen molar-refractivity contribution in [3.8, 4) is 0 Å². The van der Waals surface area contributed by atoms with Gasteiger partial charge >= 0.3 is 0 Å². The molecular formula is C21H36O4S. The quantitative estimate of drug-likeness (QED) is 0.622. The summed E-state index contributed by atoms with van der Waals surface area (Å²) >= 11 is 0. The van der Waals surface area contributed by atoms with Crippen LogP contribution in [0.5, 0.6) is 0 Å². The summed E-state index contributed by atoms with van der Waals surface area (Å²) in [6.07, 6.45) is 0. The number of hydrogen-bond acceptors (Lipinski definition) is 4. The zero-order chi connectivity index (χ0) is 20.8. The molecule has 2 aromatic rings. The molecule has 0 aliphatic heterocycles. The van der Waals surface area contributed by atoms with E-state index in [0.29, 0.717) is 16.6 Å². The zero-order valence-corrected chi connectivity index (χ0v) is 18.3. The van der Waals surface area contributed by atoms with E-state index in [4.69, 9.17) is 0 Å². The summed E-state index contributed by atoms with van der Waals surface area (Å²) in [6, 6.07) is 16.9. The molecule has 0 saturated carbocycles. The Labute approximate surface area is 161 Å². The molecule has 4 nitrogen and oxygen atoms in total. The Hall–Kier alpha value is -1.69. The maximum atomic E-state index is 12.0. The predicted octanol–water partition coefficient (Wildman–Crippen LogP) is 5.83. The van der Waals surface area contributed by atoms with Crippen molar-refractivity contribution in [2.45, 2.75) is 51.3 Å². The lowest BCUT2D eigenvalue weighted by molar-refractivity contribution is -0.00272. The van der Waals surface area contributed by atoms with Crippen molar-refractivity contribution in [2.75, 3.05) is 21.0 Å². The molecule has 0 amide bonds. The average Bonchev–Trinajstić information content (AvgIpc) is 2.75. The maximum Gasteiger partial charge on any atom is 0.206 e. The molecule has 2 aromatic carbocycles. The van der Waals surface area contributed by atoms with Crippen molar-refractivity contribution in [1.29, 1.82) is 0 Å². The third-order valence-electron chi connectivity index (χ3n) is 2.34. The van der Waals surface area contributed by atoms with Crippen LogP contribution in [0.1, 0.15) is 41.5 Å². The molecule has 0 saturated heterocycles. The molecule has 0 spiro atoms. The van der Waals surface area contributed by atoms with Gasteiger partial charge < -0.3 is 9.47 Å². The van der Waals surface area contributed by atoms with Crippen LogP contribution < -0.4 is 0 Å². The minimum Gasteiger partial charge on any atom is -0.359 e. The van der Waals surface area contributed by atoms with Crippen LogP contribution in [0.4, 0.5) is 0 Å². The van der Waals surface area contributed by atoms with E-state index in [2.05, 4.69) is 9.47 Å². The molecule has 0 atom stereocenters. The summed E-state index contributed by atoms with van der Waals surface area (Å²) in [4.78, 5) is 0.660. The Morgan fingerprint density at radius 2 is 0.885 bits per heavy atom. The fourth-order valence-electron chi connectivity index (χ4n) is 1.45. The highest BCUT2D eigenvalue weighted by atomic mass is 32.2. The van der Waals surface area contributed by atoms with Gasteiger partial charge in [0, 0.05) is 14.2 Å². The first-order valence-corrected chi connectivity index (χ1v) is 10.4. The first-order chi connectivity index (χ1) is 12.6. The van der Waals surface area contributed by atoms with Gasteiger partial charge in [-0.3, -0.25) is 0 Å². The van der Waals surface area contributed by atoms with Crippen LogP contribution >= 0.6 is 0 Å². The minimum absolute atomic E-state index is 0.330. The Balaban J connectivity index is -0.000000407. The van der Waals surface area contributed by atoms with E-state index in [1.54, 1.807) is 74.9 Å². The monoisotopic (exact) mass is 384 g/mol. The Morgan fingerprint density at radius 1 is 0.615 bits per heavy atom. The van der Waals surface area contributed by atoms with Crippen molar-refractivity contribution in [3.63, 3.8) is 0 Å². The lowest BCUT2D eigenvalue weighted by Gasteiger charge is -2.03. The fraction of sp³-hybridized carbons (Fsp3) is 0.429. The number of methoxy groups -OCH3 is 2. The second kappa shape index (κ2) is 21.4. The minimum atomic E-state index is -3.34. The second-order valence-electron chi connectivity index (χ2n) is 3.82. The molecule has 0 heterocycles. The first-order valence-electron chi connectivity index (χ1n) is 8.96. The van der Waals surface area contributed by atoms with Gasteiger partial charge in [0.1, 0.15) is 6.79 Å². The number of rotatable bonds is 4. The van der Waals surface area contributed by atoms with Crippen molar-refractivity contribution in [2.24, 2.45) is 0 Å². The van der Waals surface area contributed by atoms with Crippen molar-refractivity contribution in [3.05, 3.63) is 60.7 Å². The largest absolute Gasteiger partial charge is 0.359 e. The van der Waals surface area contributed by atoms with E-state index in [1.807, 2.05) is 41.5 Å². The van der Waals surface area contributed by atoms with Crippen molar-refractivity contribution in [1.82, 2.24) is 0 Å². The molecule has 0 unspecified atom stereocenters. The number of sulfone groups is 1. The van der Waals surface area contributed by atoms with Gasteiger partial charge in [-0.05, 0) is 24.3 Å². The molecule has 150 valence electrons. The lowest BCUT2D eigenvalue weighted by atomic mass is 10.4. The summed E-state index contributed by atoms with van der Waals surface area (Å²) in [7, 11) is -0.165. The first kappa shape index (κ1) is 29.1. The van der Waals surface area contributed by atoms with E-state index in [0.717, 1.165) is 0 Å². The molecule has 0 N–H and O–H groups in total. The molecule has 0 bridgehead atoms. The molecule has 26 heavy (non-hydrogen) atoms. The molecule has 2 rings (SSSR count). The van der Waals surface area contributed by atoms with Gasteiger partial charge in [-0.2, -0.15) is 0 Å². The fourth-order valence-corrected chi connectivity index (χ4v) is 2.76. The van der Waals surface area contributed by atoms with E-state index in [1.165, 1.54) is 0 Å². The highest BCUT2D eigenvalue weighted by Crippen LogP contribution is 2.19. The van der Waals surface area contributed by atoms with Gasteiger partial charge in [0.05, 0.1) is 9.79 Å². The lowest BCUT2D eigenvalue weighted by Crippen LogP contribution is -2.00. The van der Waals surface area contributed by atoms with E-state index in [9.17, 15) is 8.42 Å². The number of ether oxygens (including phenoxy) is 2. The van der Waals surface area contributed by atoms with E-state index in [-0.39, 0.29) is 0 Å². The van der Waals surface area contributed by atoms with Crippen LogP contribution in [0.2, 0.25) is 0 Å². The smallest absolute Gasteiger partial charge is 0.206 e. The predicted molar refractivity (Wildman–Crippen MR) is 111 cm³/mol. The summed E-state index contributed by atoms with van der Waals surface area (Å²) in [6.45, 7) is 12.4. The molecule has 0 aromatic heterocycles. The SMILES string of the molecule is CC.CC.CC.COCOC.O=S(=O)(c1ccccc1)c1ccccc1. The van der Waals surface area contributed by atoms with Crippen LogP contribution in [0.25, 0.3) is 0 Å². The highest BCUT2D eigenvalue weighted by molar-refractivity contribution is 7.91. The van der Waals surface area contributed by atoms with Gasteiger partial charge in [-0.25, -0.2) is 8.42 Å². The third kappa shape index (κ3) is 12.6. The van der Waals surface area contributed by atoms with Gasteiger partial charge in [-0.15, -0.1) is 0 Å². The Bertz CT molecular complexity index is 534. The average molecular weight is 385 g/mol. The van der Waals surface area contributed by atoms with E-state index >= 15 is 0 Å². The zero-order valence-electron chi connectivity index (χ0n) is 17.5. The molecule has 0 radical (unpaired) electrons. The standard InChI is InChI=1S/C12H10O2S.C3H8O2.3C2H6/c13-15(14,11-7-3-1-4-8-11)12-9-5-2-6-10-12;1-4-3-5-2;3*1-2/h1-10H;3H2,1-2H3;3*1-2H3. The van der Waals surface area contributed by atoms with Crippen LogP contribution in [-0.4, -0.2) is 29.4 Å². The Kier molecular flexibility index (Phi) is 23.9. The number of hydrogen-bond donors (Lipinski definition) is 0. The van der Waals surface area contributed by atoms with Crippen LogP contribution in [0.15, 0.2) is 70.5 Å². The second-order valence-corrected chi connectivity index (χ2v) is 5.77. The summed E-state index contributed by atoms with van der Waals surface area (Å²) in [5.41, 5.74) is 0. The van der Waals surface area contributed by atoms with Crippen LogP contribution in [-0.2, 0) is 19.3 Å². The highest BCUT2D eigenvalue weighted by Gasteiger charge is 2.15. The normalized spacial score (nSPS) is 8.77. The van der Waals surface area contributed by atoms with Crippen LogP contribution in [0, 0.1) is 0 Å².